The van der Waals surface area contributed by atoms with E-state index in [-0.39, 0.29) is 12.4 Å². The highest BCUT2D eigenvalue weighted by molar-refractivity contribution is 5.85. The number of amides is 1. The van der Waals surface area contributed by atoms with Crippen molar-refractivity contribution in [3.05, 3.63) is 24.3 Å². The van der Waals surface area contributed by atoms with Crippen molar-refractivity contribution in [1.29, 1.82) is 0 Å². The van der Waals surface area contributed by atoms with Crippen molar-refractivity contribution >= 4 is 29.9 Å². The number of carbonyl (C=O) groups excluding carboxylic acids is 1. The van der Waals surface area contributed by atoms with E-state index in [1.54, 1.807) is 24.3 Å². The number of nitrogen functional groups attached to an aromatic ring is 1. The Morgan fingerprint density at radius 3 is 2.42 bits per heavy atom. The number of unbranched alkanes of at least 4 members (excludes halogenated alkanes) is 4. The second-order valence-electron chi connectivity index (χ2n) is 4.30. The summed E-state index contributed by atoms with van der Waals surface area (Å²) in [6, 6.07) is 6.97. The fourth-order valence-electron chi connectivity index (χ4n) is 1.59. The van der Waals surface area contributed by atoms with Gasteiger partial charge < -0.3 is 10.5 Å². The molecule has 1 amide bonds. The molecule has 0 aliphatic rings. The van der Waals surface area contributed by atoms with Crippen LogP contribution in [0.5, 0.6) is 0 Å². The number of hydrogen-bond acceptors (Lipinski definition) is 3. The van der Waals surface area contributed by atoms with E-state index in [1.165, 1.54) is 19.3 Å². The average molecular weight is 287 g/mol. The van der Waals surface area contributed by atoms with Crippen LogP contribution < -0.4 is 11.1 Å². The third-order valence-corrected chi connectivity index (χ3v) is 2.64. The number of rotatable bonds is 7. The highest BCUT2D eigenvalue weighted by atomic mass is 35.5. The number of halogens is 1. The minimum atomic E-state index is -0.407. The Labute approximate surface area is 121 Å². The molecule has 0 unspecified atom stereocenters. The highest BCUT2D eigenvalue weighted by Gasteiger charge is 2.02. The van der Waals surface area contributed by atoms with E-state index in [2.05, 4.69) is 12.2 Å². The van der Waals surface area contributed by atoms with Crippen LogP contribution in [0.2, 0.25) is 0 Å². The molecule has 0 saturated heterocycles. The van der Waals surface area contributed by atoms with Crippen molar-refractivity contribution in [3.63, 3.8) is 0 Å². The van der Waals surface area contributed by atoms with Crippen LogP contribution >= 0.6 is 12.4 Å². The summed E-state index contributed by atoms with van der Waals surface area (Å²) >= 11 is 0. The van der Waals surface area contributed by atoms with Gasteiger partial charge in [-0.15, -0.1) is 12.4 Å². The largest absolute Gasteiger partial charge is 0.449 e. The van der Waals surface area contributed by atoms with Gasteiger partial charge in [0.2, 0.25) is 0 Å². The number of nitrogens with two attached hydrogens (primary N) is 1. The van der Waals surface area contributed by atoms with Gasteiger partial charge in [-0.25, -0.2) is 4.79 Å². The summed E-state index contributed by atoms with van der Waals surface area (Å²) in [6.07, 6.45) is 5.31. The van der Waals surface area contributed by atoms with Gasteiger partial charge in [0.25, 0.3) is 0 Å². The zero-order valence-corrected chi connectivity index (χ0v) is 12.2. The first-order chi connectivity index (χ1) is 8.72. The van der Waals surface area contributed by atoms with Crippen LogP contribution in [-0.4, -0.2) is 12.7 Å². The van der Waals surface area contributed by atoms with Gasteiger partial charge in [-0.3, -0.25) is 5.32 Å². The summed E-state index contributed by atoms with van der Waals surface area (Å²) in [6.45, 7) is 2.65. The van der Waals surface area contributed by atoms with Gasteiger partial charge in [-0.2, -0.15) is 0 Å². The molecule has 19 heavy (non-hydrogen) atoms. The molecule has 1 aromatic carbocycles. The third kappa shape index (κ3) is 8.32. The van der Waals surface area contributed by atoms with Gasteiger partial charge in [0.15, 0.2) is 0 Å². The van der Waals surface area contributed by atoms with Crippen LogP contribution in [0.15, 0.2) is 24.3 Å². The maximum atomic E-state index is 11.4. The topological polar surface area (TPSA) is 64.3 Å². The fourth-order valence-corrected chi connectivity index (χ4v) is 1.59. The van der Waals surface area contributed by atoms with E-state index in [0.29, 0.717) is 18.0 Å². The minimum absolute atomic E-state index is 0. The van der Waals surface area contributed by atoms with Gasteiger partial charge in [0, 0.05) is 11.4 Å². The second kappa shape index (κ2) is 10.5. The molecule has 0 saturated carbocycles. The maximum absolute atomic E-state index is 11.4. The predicted octanol–water partition coefficient (Wildman–Crippen LogP) is 4.21. The van der Waals surface area contributed by atoms with Crippen molar-refractivity contribution in [2.24, 2.45) is 0 Å². The normalized spacial score (nSPS) is 9.53. The molecule has 4 nitrogen and oxygen atoms in total. The third-order valence-electron chi connectivity index (χ3n) is 2.64. The monoisotopic (exact) mass is 286 g/mol. The van der Waals surface area contributed by atoms with E-state index >= 15 is 0 Å². The molecule has 0 atom stereocenters. The molecule has 0 heterocycles. The summed E-state index contributed by atoms with van der Waals surface area (Å²) in [5.74, 6) is 0. The molecule has 1 aromatic rings. The summed E-state index contributed by atoms with van der Waals surface area (Å²) in [5, 5.41) is 2.65. The van der Waals surface area contributed by atoms with Crippen molar-refractivity contribution in [2.75, 3.05) is 17.7 Å². The Kier molecular flexibility index (Phi) is 9.71. The number of benzene rings is 1. The smallest absolute Gasteiger partial charge is 0.411 e. The van der Waals surface area contributed by atoms with Crippen LogP contribution in [0, 0.1) is 0 Å². The molecule has 1 rings (SSSR count). The Balaban J connectivity index is 0.00000324. The Bertz CT molecular complexity index is 355. The standard InChI is InChI=1S/C14H22N2O2.ClH/c1-2-3-4-5-6-11-18-14(17)16-13-9-7-12(15)8-10-13;/h7-10H,2-6,11,15H2,1H3,(H,16,17);1H. The zero-order chi connectivity index (χ0) is 13.2. The molecule has 0 bridgehead atoms. The van der Waals surface area contributed by atoms with Gasteiger partial charge in [-0.05, 0) is 30.7 Å². The number of ether oxygens (including phenoxy) is 1. The summed E-state index contributed by atoms with van der Waals surface area (Å²) < 4.78 is 5.08. The van der Waals surface area contributed by atoms with Crippen LogP contribution in [0.1, 0.15) is 39.0 Å². The van der Waals surface area contributed by atoms with Crippen LogP contribution in [0.3, 0.4) is 0 Å². The molecular weight excluding hydrogens is 264 g/mol. The van der Waals surface area contributed by atoms with Crippen LogP contribution in [-0.2, 0) is 4.74 Å². The Morgan fingerprint density at radius 1 is 1.16 bits per heavy atom. The minimum Gasteiger partial charge on any atom is -0.449 e. The van der Waals surface area contributed by atoms with Gasteiger partial charge >= 0.3 is 6.09 Å². The Morgan fingerprint density at radius 2 is 1.79 bits per heavy atom. The van der Waals surface area contributed by atoms with E-state index in [9.17, 15) is 4.79 Å². The number of anilines is 2. The number of nitrogens with one attached hydrogen (secondary N) is 1. The van der Waals surface area contributed by atoms with E-state index < -0.39 is 6.09 Å². The number of hydrogen-bond donors (Lipinski definition) is 2. The molecule has 3 N–H and O–H groups in total. The quantitative estimate of drug-likeness (QED) is 0.583. The first kappa shape index (κ1) is 17.6. The second-order valence-corrected chi connectivity index (χ2v) is 4.30. The molecule has 0 aliphatic carbocycles. The van der Waals surface area contributed by atoms with Crippen molar-refractivity contribution in [2.45, 2.75) is 39.0 Å². The molecule has 0 aliphatic heterocycles. The number of carbonyl (C=O) groups is 1. The van der Waals surface area contributed by atoms with Gasteiger partial charge in [0.1, 0.15) is 0 Å². The zero-order valence-electron chi connectivity index (χ0n) is 11.4. The SMILES string of the molecule is CCCCCCCOC(=O)Nc1ccc(N)cc1.Cl. The molecule has 0 aromatic heterocycles. The molecule has 5 heteroatoms. The lowest BCUT2D eigenvalue weighted by Gasteiger charge is -2.07. The molecule has 0 radical (unpaired) electrons. The Hall–Kier alpha value is -1.42. The van der Waals surface area contributed by atoms with Crippen molar-refractivity contribution in [3.8, 4) is 0 Å². The molecule has 108 valence electrons. The lowest BCUT2D eigenvalue weighted by Crippen LogP contribution is -2.14. The van der Waals surface area contributed by atoms with Crippen LogP contribution in [0.25, 0.3) is 0 Å². The van der Waals surface area contributed by atoms with E-state index in [1.807, 2.05) is 0 Å². The molecule has 0 spiro atoms. The van der Waals surface area contributed by atoms with Gasteiger partial charge in [0.05, 0.1) is 6.61 Å². The summed E-state index contributed by atoms with van der Waals surface area (Å²) in [4.78, 5) is 11.4. The molecule has 0 fully saturated rings. The molecular formula is C14H23ClN2O2. The maximum Gasteiger partial charge on any atom is 0.411 e. The average Bonchev–Trinajstić information content (AvgIpc) is 2.36. The predicted molar refractivity (Wildman–Crippen MR) is 81.8 cm³/mol. The van der Waals surface area contributed by atoms with E-state index in [4.69, 9.17) is 10.5 Å². The first-order valence-corrected chi connectivity index (χ1v) is 6.51. The summed E-state index contributed by atoms with van der Waals surface area (Å²) in [5.41, 5.74) is 6.92. The van der Waals surface area contributed by atoms with Gasteiger partial charge in [-0.1, -0.05) is 32.6 Å². The van der Waals surface area contributed by atoms with Crippen LogP contribution in [0.4, 0.5) is 16.2 Å². The van der Waals surface area contributed by atoms with Crippen molar-refractivity contribution in [1.82, 2.24) is 0 Å². The van der Waals surface area contributed by atoms with E-state index in [0.717, 1.165) is 12.8 Å². The first-order valence-electron chi connectivity index (χ1n) is 6.51. The van der Waals surface area contributed by atoms with Crippen molar-refractivity contribution < 1.29 is 9.53 Å². The summed E-state index contributed by atoms with van der Waals surface area (Å²) in [7, 11) is 0. The highest BCUT2D eigenvalue weighted by Crippen LogP contribution is 2.10. The lowest BCUT2D eigenvalue weighted by molar-refractivity contribution is 0.159. The fraction of sp³-hybridized carbons (Fsp3) is 0.500. The lowest BCUT2D eigenvalue weighted by atomic mass is 10.2.